The molecule has 0 spiro atoms. The monoisotopic (exact) mass is 560 g/mol. The van der Waals surface area contributed by atoms with E-state index in [0.29, 0.717) is 0 Å². The third-order valence-electron chi connectivity index (χ3n) is 6.23. The van der Waals surface area contributed by atoms with Gasteiger partial charge in [0, 0.05) is 27.6 Å². The summed E-state index contributed by atoms with van der Waals surface area (Å²) in [5.41, 5.74) is 11.5. The van der Waals surface area contributed by atoms with E-state index in [0.717, 1.165) is 56.0 Å². The van der Waals surface area contributed by atoms with E-state index in [2.05, 4.69) is 110 Å². The second-order valence-corrected chi connectivity index (χ2v) is 12.1. The second-order valence-electron chi connectivity index (χ2n) is 10.2. The van der Waals surface area contributed by atoms with Gasteiger partial charge in [-0.05, 0) is 83.3 Å². The predicted octanol–water partition coefficient (Wildman–Crippen LogP) is 9.36. The molecule has 4 aromatic rings. The maximum Gasteiger partial charge on any atom is 0.180 e. The number of rotatable bonds is 1. The van der Waals surface area contributed by atoms with Crippen molar-refractivity contribution < 1.29 is 0 Å². The van der Waals surface area contributed by atoms with E-state index in [4.69, 9.17) is 44.8 Å². The molecule has 7 heteroatoms. The van der Waals surface area contributed by atoms with Crippen LogP contribution in [-0.2, 0) is 5.41 Å². The molecule has 6 rings (SSSR count). The van der Waals surface area contributed by atoms with Crippen molar-refractivity contribution in [2.24, 2.45) is 0 Å². The summed E-state index contributed by atoms with van der Waals surface area (Å²) < 4.78 is -0.750. The molecule has 0 saturated heterocycles. The molecule has 0 radical (unpaired) electrons. The van der Waals surface area contributed by atoms with E-state index < -0.39 is 4.30 Å². The molecule has 1 aromatic carbocycles. The highest BCUT2D eigenvalue weighted by molar-refractivity contribution is 6.63. The maximum atomic E-state index is 4.98. The third kappa shape index (κ3) is 6.39. The fourth-order valence-corrected chi connectivity index (χ4v) is 4.39. The molecule has 2 aliphatic heterocycles. The SMILES string of the molecule is CC(C)(C)c1ccc(C2=Cc3cc4ccc(cc5nc(cc6ccc(cc2n3)[nH]6)C=C5)[nH]4)cc1.ClC(Cl)Cl. The fraction of sp³-hybridized carbons (Fsp3) is 0.161. The first kappa shape index (κ1) is 26.3. The van der Waals surface area contributed by atoms with Crippen LogP contribution in [0.2, 0.25) is 0 Å². The van der Waals surface area contributed by atoms with E-state index in [1.807, 2.05) is 12.2 Å². The lowest BCUT2D eigenvalue weighted by molar-refractivity contribution is 0.590. The largest absolute Gasteiger partial charge is 0.355 e. The number of aromatic amines is 2. The van der Waals surface area contributed by atoms with Crippen molar-refractivity contribution in [1.82, 2.24) is 19.9 Å². The van der Waals surface area contributed by atoms with Gasteiger partial charge in [0.05, 0.1) is 22.8 Å². The number of hydrogen-bond acceptors (Lipinski definition) is 2. The number of halogens is 3. The summed E-state index contributed by atoms with van der Waals surface area (Å²) in [6.45, 7) is 6.72. The van der Waals surface area contributed by atoms with Crippen molar-refractivity contribution >= 4 is 80.7 Å². The van der Waals surface area contributed by atoms with Gasteiger partial charge in [-0.15, -0.1) is 0 Å². The van der Waals surface area contributed by atoms with Gasteiger partial charge in [-0.25, -0.2) is 9.97 Å². The zero-order chi connectivity index (χ0) is 26.9. The molecule has 0 amide bonds. The first-order chi connectivity index (χ1) is 18.1. The Labute approximate surface area is 237 Å². The lowest BCUT2D eigenvalue weighted by Gasteiger charge is -2.19. The van der Waals surface area contributed by atoms with Crippen LogP contribution >= 0.6 is 34.8 Å². The summed E-state index contributed by atoms with van der Waals surface area (Å²) in [6, 6.07) is 25.5. The molecule has 5 heterocycles. The second kappa shape index (κ2) is 10.8. The summed E-state index contributed by atoms with van der Waals surface area (Å²) >= 11 is 14.4. The molecule has 38 heavy (non-hydrogen) atoms. The summed E-state index contributed by atoms with van der Waals surface area (Å²) in [5, 5.41) is 0. The molecular weight excluding hydrogens is 535 g/mol. The number of H-pyrrole nitrogens is 2. The van der Waals surface area contributed by atoms with Gasteiger partial charge in [0.2, 0.25) is 0 Å². The first-order valence-electron chi connectivity index (χ1n) is 12.2. The van der Waals surface area contributed by atoms with Gasteiger partial charge in [-0.3, -0.25) is 0 Å². The molecule has 0 saturated carbocycles. The van der Waals surface area contributed by atoms with Crippen LogP contribution in [0.4, 0.5) is 0 Å². The minimum atomic E-state index is -0.750. The van der Waals surface area contributed by atoms with Crippen molar-refractivity contribution in [2.75, 3.05) is 0 Å². The first-order valence-corrected chi connectivity index (χ1v) is 13.5. The van der Waals surface area contributed by atoms with Crippen LogP contribution in [0.3, 0.4) is 0 Å². The Bertz CT molecular complexity index is 1680. The van der Waals surface area contributed by atoms with Crippen LogP contribution in [0.15, 0.2) is 72.8 Å². The number of alkyl halides is 3. The molecular formula is C31H27Cl3N4. The Morgan fingerprint density at radius 1 is 0.632 bits per heavy atom. The number of fused-ring (bicyclic) bond motifs is 8. The molecule has 0 unspecified atom stereocenters. The lowest BCUT2D eigenvalue weighted by Crippen LogP contribution is -2.10. The van der Waals surface area contributed by atoms with Gasteiger partial charge in [0.25, 0.3) is 0 Å². The Morgan fingerprint density at radius 2 is 1.11 bits per heavy atom. The van der Waals surface area contributed by atoms with Crippen LogP contribution in [0.5, 0.6) is 0 Å². The molecule has 0 atom stereocenters. The molecule has 192 valence electrons. The average Bonchev–Trinajstić information content (AvgIpc) is 3.63. The summed E-state index contributed by atoms with van der Waals surface area (Å²) in [4.78, 5) is 16.6. The highest BCUT2D eigenvalue weighted by Crippen LogP contribution is 2.31. The Hall–Kier alpha value is -3.31. The van der Waals surface area contributed by atoms with Crippen molar-refractivity contribution in [3.63, 3.8) is 0 Å². The summed E-state index contributed by atoms with van der Waals surface area (Å²) in [5.74, 6) is 0. The molecule has 3 aromatic heterocycles. The molecule has 2 N–H and O–H groups in total. The van der Waals surface area contributed by atoms with E-state index in [1.54, 1.807) is 0 Å². The molecule has 2 aliphatic rings. The van der Waals surface area contributed by atoms with Gasteiger partial charge in [-0.1, -0.05) is 79.8 Å². The Kier molecular flexibility index (Phi) is 7.49. The van der Waals surface area contributed by atoms with Crippen molar-refractivity contribution in [3.05, 3.63) is 107 Å². The summed E-state index contributed by atoms with van der Waals surface area (Å²) in [6.07, 6.45) is 6.24. The highest BCUT2D eigenvalue weighted by Gasteiger charge is 2.16. The maximum absolute atomic E-state index is 4.98. The normalized spacial score (nSPS) is 12.8. The highest BCUT2D eigenvalue weighted by atomic mass is 35.6. The van der Waals surface area contributed by atoms with Crippen molar-refractivity contribution in [1.29, 1.82) is 0 Å². The van der Waals surface area contributed by atoms with Gasteiger partial charge in [0.1, 0.15) is 0 Å². The van der Waals surface area contributed by atoms with Crippen molar-refractivity contribution in [3.8, 4) is 0 Å². The smallest absolute Gasteiger partial charge is 0.180 e. The molecule has 0 fully saturated rings. The van der Waals surface area contributed by atoms with Gasteiger partial charge >= 0.3 is 0 Å². The van der Waals surface area contributed by atoms with Crippen LogP contribution < -0.4 is 0 Å². The fourth-order valence-electron chi connectivity index (χ4n) is 4.39. The number of hydrogen-bond donors (Lipinski definition) is 2. The third-order valence-corrected chi connectivity index (χ3v) is 6.23. The predicted molar refractivity (Wildman–Crippen MR) is 163 cm³/mol. The molecule has 8 bridgehead atoms. The van der Waals surface area contributed by atoms with Gasteiger partial charge < -0.3 is 9.97 Å². The Balaban J connectivity index is 0.000000689. The minimum absolute atomic E-state index is 0.122. The zero-order valence-electron chi connectivity index (χ0n) is 21.3. The molecule has 4 nitrogen and oxygen atoms in total. The number of nitrogens with zero attached hydrogens (tertiary/aromatic N) is 2. The van der Waals surface area contributed by atoms with E-state index in [1.165, 1.54) is 5.56 Å². The van der Waals surface area contributed by atoms with Crippen LogP contribution in [0, 0.1) is 0 Å². The van der Waals surface area contributed by atoms with E-state index >= 15 is 0 Å². The minimum Gasteiger partial charge on any atom is -0.355 e. The van der Waals surface area contributed by atoms with Crippen LogP contribution in [-0.4, -0.2) is 24.2 Å². The standard InChI is InChI=1S/C30H26N4.CHCl3/c1-30(2,3)20-6-4-19(5-7-20)28-17-27-16-25-11-10-23(32-25)14-21-8-9-22(31-21)15-24-12-13-26(33-24)18-29(28)34-27;2-1(3)4/h4-18,32-33H,1-3H3;1H. The van der Waals surface area contributed by atoms with Crippen LogP contribution in [0.1, 0.15) is 54.7 Å². The molecule has 0 aliphatic carbocycles. The average molecular weight is 562 g/mol. The van der Waals surface area contributed by atoms with Gasteiger partial charge in [-0.2, -0.15) is 0 Å². The zero-order valence-corrected chi connectivity index (χ0v) is 23.5. The Morgan fingerprint density at radius 3 is 1.61 bits per heavy atom. The number of aromatic nitrogens is 4. The van der Waals surface area contributed by atoms with Crippen molar-refractivity contribution in [2.45, 2.75) is 30.5 Å². The van der Waals surface area contributed by atoms with E-state index in [9.17, 15) is 0 Å². The number of nitrogens with one attached hydrogen (secondary N) is 2. The van der Waals surface area contributed by atoms with Crippen LogP contribution in [0.25, 0.3) is 45.9 Å². The topological polar surface area (TPSA) is 57.4 Å². The number of benzene rings is 1. The van der Waals surface area contributed by atoms with Gasteiger partial charge in [0.15, 0.2) is 4.30 Å². The quantitative estimate of drug-likeness (QED) is 0.196. The van der Waals surface area contributed by atoms with E-state index in [-0.39, 0.29) is 5.41 Å². The summed E-state index contributed by atoms with van der Waals surface area (Å²) in [7, 11) is 0. The lowest BCUT2D eigenvalue weighted by atomic mass is 9.86.